The fourth-order valence-corrected chi connectivity index (χ4v) is 2.22. The lowest BCUT2D eigenvalue weighted by atomic mass is 10.1. The molecule has 0 aliphatic heterocycles. The molecule has 3 nitrogen and oxygen atoms in total. The molecule has 2 rings (SSSR count). The number of hydrogen-bond acceptors (Lipinski definition) is 3. The summed E-state index contributed by atoms with van der Waals surface area (Å²) in [6, 6.07) is 3.52. The average molecular weight is 269 g/mol. The van der Waals surface area contributed by atoms with Gasteiger partial charge in [0.1, 0.15) is 11.3 Å². The average Bonchev–Trinajstić information content (AvgIpc) is 2.65. The maximum absolute atomic E-state index is 11.4. The van der Waals surface area contributed by atoms with Crippen LogP contribution in [0.15, 0.2) is 27.3 Å². The highest BCUT2D eigenvalue weighted by Gasteiger charge is 2.16. The molecule has 4 heteroatoms. The Balaban J connectivity index is 2.84. The van der Waals surface area contributed by atoms with E-state index in [1.54, 1.807) is 19.4 Å². The van der Waals surface area contributed by atoms with Crippen LogP contribution in [0.1, 0.15) is 17.3 Å². The van der Waals surface area contributed by atoms with Gasteiger partial charge in [-0.1, -0.05) is 0 Å². The van der Waals surface area contributed by atoms with Crippen molar-refractivity contribution in [2.24, 2.45) is 0 Å². The summed E-state index contributed by atoms with van der Waals surface area (Å²) in [4.78, 5) is 11.4. The molecule has 0 atom stereocenters. The molecule has 0 radical (unpaired) electrons. The molecule has 0 amide bonds. The standard InChI is InChI=1S/C11H9BrO3/c1-6(13)8-5-9-7(3-4-15-9)10(12)11(8)14-2/h3-5H,1-2H3. The molecule has 0 bridgehead atoms. The lowest BCUT2D eigenvalue weighted by Crippen LogP contribution is -1.98. The molecule has 1 aromatic heterocycles. The van der Waals surface area contributed by atoms with Gasteiger partial charge in [-0.3, -0.25) is 4.79 Å². The third kappa shape index (κ3) is 1.55. The van der Waals surface area contributed by atoms with Gasteiger partial charge in [0.05, 0.1) is 23.4 Å². The number of carbonyl (C=O) groups excluding carboxylic acids is 1. The fraction of sp³-hybridized carbons (Fsp3) is 0.182. The monoisotopic (exact) mass is 268 g/mol. The Labute approximate surface area is 95.1 Å². The molecule has 0 aliphatic rings. The van der Waals surface area contributed by atoms with Gasteiger partial charge >= 0.3 is 0 Å². The van der Waals surface area contributed by atoms with Gasteiger partial charge in [-0.05, 0) is 35.0 Å². The van der Waals surface area contributed by atoms with Crippen LogP contribution in [0.3, 0.4) is 0 Å². The summed E-state index contributed by atoms with van der Waals surface area (Å²) in [7, 11) is 1.54. The third-order valence-corrected chi connectivity index (χ3v) is 3.02. The van der Waals surface area contributed by atoms with Crippen LogP contribution in [0.25, 0.3) is 11.0 Å². The van der Waals surface area contributed by atoms with Gasteiger partial charge in [-0.2, -0.15) is 0 Å². The fourth-order valence-electron chi connectivity index (χ4n) is 1.51. The Bertz CT molecular complexity index is 528. The Kier molecular flexibility index (Phi) is 2.52. The number of hydrogen-bond donors (Lipinski definition) is 0. The molecule has 0 unspecified atom stereocenters. The first-order valence-electron chi connectivity index (χ1n) is 4.39. The number of carbonyl (C=O) groups is 1. The van der Waals surface area contributed by atoms with Crippen LogP contribution in [-0.4, -0.2) is 12.9 Å². The summed E-state index contributed by atoms with van der Waals surface area (Å²) in [5, 5.41) is 0.900. The first kappa shape index (κ1) is 10.2. The molecular weight excluding hydrogens is 260 g/mol. The van der Waals surface area contributed by atoms with Crippen molar-refractivity contribution in [3.8, 4) is 5.75 Å². The van der Waals surface area contributed by atoms with Gasteiger partial charge in [0.15, 0.2) is 5.78 Å². The predicted molar refractivity (Wildman–Crippen MR) is 60.5 cm³/mol. The summed E-state index contributed by atoms with van der Waals surface area (Å²) in [5.41, 5.74) is 1.19. The van der Waals surface area contributed by atoms with Crippen molar-refractivity contribution in [2.75, 3.05) is 7.11 Å². The van der Waals surface area contributed by atoms with Crippen molar-refractivity contribution in [3.05, 3.63) is 28.4 Å². The summed E-state index contributed by atoms with van der Waals surface area (Å²) in [5.74, 6) is 0.502. The number of rotatable bonds is 2. The normalized spacial score (nSPS) is 10.6. The van der Waals surface area contributed by atoms with E-state index in [0.29, 0.717) is 16.9 Å². The van der Waals surface area contributed by atoms with E-state index in [0.717, 1.165) is 9.86 Å². The van der Waals surface area contributed by atoms with Gasteiger partial charge in [0, 0.05) is 5.39 Å². The Hall–Kier alpha value is -1.29. The molecule has 0 aliphatic carbocycles. The number of Topliss-reactive ketones (excluding diaryl/α,β-unsaturated/α-hetero) is 1. The highest BCUT2D eigenvalue weighted by Crippen LogP contribution is 2.37. The van der Waals surface area contributed by atoms with Crippen molar-refractivity contribution in [1.82, 2.24) is 0 Å². The van der Waals surface area contributed by atoms with Crippen LogP contribution in [-0.2, 0) is 0 Å². The molecule has 0 spiro atoms. The minimum absolute atomic E-state index is 0.0501. The van der Waals surface area contributed by atoms with E-state index in [1.807, 2.05) is 6.07 Å². The maximum atomic E-state index is 11.4. The number of ether oxygens (including phenoxy) is 1. The van der Waals surface area contributed by atoms with Crippen molar-refractivity contribution in [2.45, 2.75) is 6.92 Å². The third-order valence-electron chi connectivity index (χ3n) is 2.23. The van der Waals surface area contributed by atoms with E-state index >= 15 is 0 Å². The van der Waals surface area contributed by atoms with Crippen molar-refractivity contribution in [3.63, 3.8) is 0 Å². The first-order chi connectivity index (χ1) is 7.15. The van der Waals surface area contributed by atoms with Crippen LogP contribution in [0.4, 0.5) is 0 Å². The van der Waals surface area contributed by atoms with E-state index in [4.69, 9.17) is 9.15 Å². The Morgan fingerprint density at radius 1 is 1.53 bits per heavy atom. The molecule has 15 heavy (non-hydrogen) atoms. The molecular formula is C11H9BrO3. The lowest BCUT2D eigenvalue weighted by Gasteiger charge is -2.08. The highest BCUT2D eigenvalue weighted by atomic mass is 79.9. The maximum Gasteiger partial charge on any atom is 0.163 e. The topological polar surface area (TPSA) is 39.4 Å². The second-order valence-electron chi connectivity index (χ2n) is 3.16. The van der Waals surface area contributed by atoms with E-state index in [-0.39, 0.29) is 5.78 Å². The number of benzene rings is 1. The largest absolute Gasteiger partial charge is 0.495 e. The van der Waals surface area contributed by atoms with Gasteiger partial charge in [-0.25, -0.2) is 0 Å². The van der Waals surface area contributed by atoms with E-state index in [1.165, 1.54) is 6.92 Å². The zero-order valence-corrected chi connectivity index (χ0v) is 9.92. The van der Waals surface area contributed by atoms with E-state index in [2.05, 4.69) is 15.9 Å². The van der Waals surface area contributed by atoms with Gasteiger partial charge in [0.2, 0.25) is 0 Å². The zero-order valence-electron chi connectivity index (χ0n) is 8.33. The van der Waals surface area contributed by atoms with Gasteiger partial charge in [-0.15, -0.1) is 0 Å². The highest BCUT2D eigenvalue weighted by molar-refractivity contribution is 9.10. The van der Waals surface area contributed by atoms with Gasteiger partial charge < -0.3 is 9.15 Å². The minimum Gasteiger partial charge on any atom is -0.495 e. The second-order valence-corrected chi connectivity index (χ2v) is 3.95. The number of fused-ring (bicyclic) bond motifs is 1. The SMILES string of the molecule is COc1c(C(C)=O)cc2occc2c1Br. The smallest absolute Gasteiger partial charge is 0.163 e. The summed E-state index contributed by atoms with van der Waals surface area (Å²) < 4.78 is 11.2. The molecule has 1 aromatic carbocycles. The van der Waals surface area contributed by atoms with E-state index < -0.39 is 0 Å². The summed E-state index contributed by atoms with van der Waals surface area (Å²) in [6.07, 6.45) is 1.58. The lowest BCUT2D eigenvalue weighted by molar-refractivity contribution is 0.101. The predicted octanol–water partition coefficient (Wildman–Crippen LogP) is 3.41. The molecule has 2 aromatic rings. The van der Waals surface area contributed by atoms with Crippen LogP contribution in [0.2, 0.25) is 0 Å². The molecule has 0 saturated heterocycles. The Morgan fingerprint density at radius 2 is 2.27 bits per heavy atom. The second kappa shape index (κ2) is 3.70. The first-order valence-corrected chi connectivity index (χ1v) is 5.19. The van der Waals surface area contributed by atoms with Crippen LogP contribution >= 0.6 is 15.9 Å². The molecule has 78 valence electrons. The number of furan rings is 1. The van der Waals surface area contributed by atoms with Crippen molar-refractivity contribution < 1.29 is 13.9 Å². The van der Waals surface area contributed by atoms with Crippen LogP contribution in [0, 0.1) is 0 Å². The zero-order chi connectivity index (χ0) is 11.0. The minimum atomic E-state index is -0.0501. The molecule has 0 N–H and O–H groups in total. The van der Waals surface area contributed by atoms with Crippen molar-refractivity contribution in [1.29, 1.82) is 0 Å². The van der Waals surface area contributed by atoms with Gasteiger partial charge in [0.25, 0.3) is 0 Å². The molecule has 1 heterocycles. The van der Waals surface area contributed by atoms with Crippen LogP contribution < -0.4 is 4.74 Å². The molecule has 0 fully saturated rings. The summed E-state index contributed by atoms with van der Waals surface area (Å²) in [6.45, 7) is 1.50. The number of methoxy groups -OCH3 is 1. The molecule has 0 saturated carbocycles. The quantitative estimate of drug-likeness (QED) is 0.784. The van der Waals surface area contributed by atoms with Crippen molar-refractivity contribution >= 4 is 32.7 Å². The summed E-state index contributed by atoms with van der Waals surface area (Å²) >= 11 is 3.40. The number of ketones is 1. The Morgan fingerprint density at radius 3 is 2.87 bits per heavy atom. The number of halogens is 1. The van der Waals surface area contributed by atoms with E-state index in [9.17, 15) is 4.79 Å². The van der Waals surface area contributed by atoms with Crippen LogP contribution in [0.5, 0.6) is 5.75 Å².